The number of carbonyl (C=O) groups is 1. The Morgan fingerprint density at radius 3 is 3.00 bits per heavy atom. The van der Waals surface area contributed by atoms with Gasteiger partial charge in [0.25, 0.3) is 0 Å². The van der Waals surface area contributed by atoms with Crippen molar-refractivity contribution >= 4 is 35.0 Å². The van der Waals surface area contributed by atoms with E-state index in [2.05, 4.69) is 6.92 Å². The van der Waals surface area contributed by atoms with Gasteiger partial charge in [-0.2, -0.15) is 11.8 Å². The lowest BCUT2D eigenvalue weighted by atomic mass is 10.2. The predicted octanol–water partition coefficient (Wildman–Crippen LogP) is 2.83. The summed E-state index contributed by atoms with van der Waals surface area (Å²) in [6.45, 7) is 2.45. The first-order chi connectivity index (χ1) is 7.65. The summed E-state index contributed by atoms with van der Waals surface area (Å²) in [5.41, 5.74) is 6.39. The van der Waals surface area contributed by atoms with E-state index in [1.165, 1.54) is 6.07 Å². The van der Waals surface area contributed by atoms with Gasteiger partial charge in [-0.25, -0.2) is 4.79 Å². The highest BCUT2D eigenvalue weighted by Gasteiger charge is 2.11. The third kappa shape index (κ3) is 3.94. The van der Waals surface area contributed by atoms with Gasteiger partial charge in [0.2, 0.25) is 0 Å². The minimum atomic E-state index is -0.422. The molecule has 0 aliphatic heterocycles. The first-order valence-corrected chi connectivity index (χ1v) is 6.48. The molecule has 0 saturated heterocycles. The number of thioether (sulfide) groups is 1. The molecule has 0 heterocycles. The molecule has 3 nitrogen and oxygen atoms in total. The minimum absolute atomic E-state index is 0.322. The number of halogens is 1. The molecule has 0 saturated carbocycles. The maximum atomic E-state index is 11.6. The van der Waals surface area contributed by atoms with Crippen LogP contribution < -0.4 is 5.73 Å². The fraction of sp³-hybridized carbons (Fsp3) is 0.364. The summed E-state index contributed by atoms with van der Waals surface area (Å²) >= 11 is 7.59. The molecule has 0 amide bonds. The Bertz CT molecular complexity index is 371. The summed E-state index contributed by atoms with van der Waals surface area (Å²) in [4.78, 5) is 11.6. The second-order valence-corrected chi connectivity index (χ2v) is 4.87. The molecule has 0 aliphatic rings. The van der Waals surface area contributed by atoms with E-state index in [1.54, 1.807) is 23.9 Å². The molecule has 0 radical (unpaired) electrons. The van der Waals surface area contributed by atoms with Crippen LogP contribution in [0.2, 0.25) is 5.02 Å². The van der Waals surface area contributed by atoms with Crippen molar-refractivity contribution in [2.45, 2.75) is 6.92 Å². The average Bonchev–Trinajstić information content (AvgIpc) is 2.27. The Balaban J connectivity index is 2.55. The fourth-order valence-electron chi connectivity index (χ4n) is 1.11. The van der Waals surface area contributed by atoms with Crippen LogP contribution in [0.1, 0.15) is 17.3 Å². The third-order valence-corrected chi connectivity index (χ3v) is 3.07. The molecule has 0 aliphatic carbocycles. The van der Waals surface area contributed by atoms with Gasteiger partial charge >= 0.3 is 5.97 Å². The van der Waals surface area contributed by atoms with E-state index >= 15 is 0 Å². The zero-order valence-corrected chi connectivity index (χ0v) is 10.6. The van der Waals surface area contributed by atoms with Crippen LogP contribution in [0.4, 0.5) is 5.69 Å². The standard InChI is InChI=1S/C11H14ClNO2S/c1-2-16-6-5-15-11(14)9-7-8(13)3-4-10(9)12/h3-4,7H,2,5-6,13H2,1H3. The molecule has 1 aromatic rings. The maximum absolute atomic E-state index is 11.6. The van der Waals surface area contributed by atoms with Crippen molar-refractivity contribution in [2.24, 2.45) is 0 Å². The van der Waals surface area contributed by atoms with Gasteiger partial charge in [-0.05, 0) is 24.0 Å². The lowest BCUT2D eigenvalue weighted by Gasteiger charge is -2.06. The molecule has 1 rings (SSSR count). The van der Waals surface area contributed by atoms with Crippen molar-refractivity contribution < 1.29 is 9.53 Å². The van der Waals surface area contributed by atoms with Crippen molar-refractivity contribution in [1.82, 2.24) is 0 Å². The predicted molar refractivity (Wildman–Crippen MR) is 69.1 cm³/mol. The van der Waals surface area contributed by atoms with Crippen molar-refractivity contribution in [3.8, 4) is 0 Å². The van der Waals surface area contributed by atoms with Crippen LogP contribution in [0, 0.1) is 0 Å². The first-order valence-electron chi connectivity index (χ1n) is 4.95. The van der Waals surface area contributed by atoms with Crippen molar-refractivity contribution in [3.05, 3.63) is 28.8 Å². The molecule has 0 unspecified atom stereocenters. The molecule has 88 valence electrons. The lowest BCUT2D eigenvalue weighted by molar-refractivity contribution is 0.0530. The highest BCUT2D eigenvalue weighted by Crippen LogP contribution is 2.19. The molecule has 5 heteroatoms. The van der Waals surface area contributed by atoms with E-state index in [4.69, 9.17) is 22.1 Å². The largest absolute Gasteiger partial charge is 0.461 e. The van der Waals surface area contributed by atoms with Crippen molar-refractivity contribution in [3.63, 3.8) is 0 Å². The van der Waals surface area contributed by atoms with Crippen LogP contribution in [0.3, 0.4) is 0 Å². The Hall–Kier alpha value is -0.870. The molecule has 16 heavy (non-hydrogen) atoms. The van der Waals surface area contributed by atoms with E-state index in [-0.39, 0.29) is 0 Å². The molecule has 1 aromatic carbocycles. The number of esters is 1. The Labute approximate surface area is 104 Å². The fourth-order valence-corrected chi connectivity index (χ4v) is 1.80. The van der Waals surface area contributed by atoms with E-state index in [0.717, 1.165) is 11.5 Å². The highest BCUT2D eigenvalue weighted by atomic mass is 35.5. The average molecular weight is 260 g/mol. The molecule has 0 bridgehead atoms. The number of hydrogen-bond acceptors (Lipinski definition) is 4. The summed E-state index contributed by atoms with van der Waals surface area (Å²) in [5, 5.41) is 0.363. The Kier molecular flexibility index (Phi) is 5.49. The minimum Gasteiger partial charge on any atom is -0.461 e. The number of benzene rings is 1. The Morgan fingerprint density at radius 2 is 2.31 bits per heavy atom. The maximum Gasteiger partial charge on any atom is 0.339 e. The number of rotatable bonds is 5. The summed E-state index contributed by atoms with van der Waals surface area (Å²) in [6, 6.07) is 4.76. The van der Waals surface area contributed by atoms with Gasteiger partial charge in [0.15, 0.2) is 0 Å². The number of ether oxygens (including phenoxy) is 1. The third-order valence-electron chi connectivity index (χ3n) is 1.88. The quantitative estimate of drug-likeness (QED) is 0.502. The number of hydrogen-bond donors (Lipinski definition) is 1. The van der Waals surface area contributed by atoms with E-state index in [1.807, 2.05) is 0 Å². The normalized spacial score (nSPS) is 10.1. The van der Waals surface area contributed by atoms with Crippen LogP contribution in [0.15, 0.2) is 18.2 Å². The number of nitrogens with two attached hydrogens (primary N) is 1. The molecule has 0 aromatic heterocycles. The van der Waals surface area contributed by atoms with Gasteiger partial charge in [-0.15, -0.1) is 0 Å². The second-order valence-electron chi connectivity index (χ2n) is 3.07. The van der Waals surface area contributed by atoms with Crippen LogP contribution in [0.25, 0.3) is 0 Å². The smallest absolute Gasteiger partial charge is 0.339 e. The van der Waals surface area contributed by atoms with Gasteiger partial charge in [-0.1, -0.05) is 18.5 Å². The monoisotopic (exact) mass is 259 g/mol. The highest BCUT2D eigenvalue weighted by molar-refractivity contribution is 7.99. The van der Waals surface area contributed by atoms with Crippen molar-refractivity contribution in [2.75, 3.05) is 23.8 Å². The summed E-state index contributed by atoms with van der Waals surface area (Å²) in [5.74, 6) is 1.38. The second kappa shape index (κ2) is 6.66. The van der Waals surface area contributed by atoms with E-state index < -0.39 is 5.97 Å². The van der Waals surface area contributed by atoms with Crippen LogP contribution in [-0.2, 0) is 4.74 Å². The number of carbonyl (C=O) groups excluding carboxylic acids is 1. The zero-order chi connectivity index (χ0) is 12.0. The van der Waals surface area contributed by atoms with Gasteiger partial charge in [-0.3, -0.25) is 0 Å². The van der Waals surface area contributed by atoms with Gasteiger partial charge in [0, 0.05) is 11.4 Å². The van der Waals surface area contributed by atoms with Crippen LogP contribution >= 0.6 is 23.4 Å². The SMILES string of the molecule is CCSCCOC(=O)c1cc(N)ccc1Cl. The zero-order valence-electron chi connectivity index (χ0n) is 9.03. The van der Waals surface area contributed by atoms with E-state index in [0.29, 0.717) is 22.9 Å². The molecule has 0 fully saturated rings. The van der Waals surface area contributed by atoms with Crippen LogP contribution in [0.5, 0.6) is 0 Å². The molecular formula is C11H14ClNO2S. The lowest BCUT2D eigenvalue weighted by Crippen LogP contribution is -2.09. The summed E-state index contributed by atoms with van der Waals surface area (Å²) < 4.78 is 5.07. The summed E-state index contributed by atoms with van der Waals surface area (Å²) in [7, 11) is 0. The number of nitrogen functional groups attached to an aromatic ring is 1. The topological polar surface area (TPSA) is 52.3 Å². The van der Waals surface area contributed by atoms with Crippen molar-refractivity contribution in [1.29, 1.82) is 0 Å². The molecule has 0 atom stereocenters. The first kappa shape index (κ1) is 13.2. The molecule has 2 N–H and O–H groups in total. The van der Waals surface area contributed by atoms with E-state index in [9.17, 15) is 4.79 Å². The van der Waals surface area contributed by atoms with Gasteiger partial charge in [0.1, 0.15) is 6.61 Å². The van der Waals surface area contributed by atoms with Crippen LogP contribution in [-0.4, -0.2) is 24.1 Å². The molecule has 0 spiro atoms. The molecular weight excluding hydrogens is 246 g/mol. The Morgan fingerprint density at radius 1 is 1.56 bits per heavy atom. The number of anilines is 1. The van der Waals surface area contributed by atoms with Gasteiger partial charge < -0.3 is 10.5 Å². The van der Waals surface area contributed by atoms with Gasteiger partial charge in [0.05, 0.1) is 10.6 Å². The summed E-state index contributed by atoms with van der Waals surface area (Å²) in [6.07, 6.45) is 0.